The van der Waals surface area contributed by atoms with Gasteiger partial charge in [0.25, 0.3) is 0 Å². The van der Waals surface area contributed by atoms with E-state index in [0.717, 1.165) is 36.4 Å². The van der Waals surface area contributed by atoms with Crippen LogP contribution in [0.2, 0.25) is 0 Å². The lowest BCUT2D eigenvalue weighted by Crippen LogP contribution is -2.22. The number of nitrogens with one attached hydrogen (secondary N) is 1. The molecule has 0 aliphatic heterocycles. The van der Waals surface area contributed by atoms with Crippen LogP contribution in [0.15, 0.2) is 35.2 Å². The Morgan fingerprint density at radius 1 is 1.26 bits per heavy atom. The van der Waals surface area contributed by atoms with Crippen molar-refractivity contribution in [2.45, 2.75) is 50.2 Å². The third-order valence-electron chi connectivity index (χ3n) is 3.57. The fourth-order valence-corrected chi connectivity index (χ4v) is 3.85. The van der Waals surface area contributed by atoms with Crippen LogP contribution in [0.3, 0.4) is 0 Å². The SMILES string of the molecule is CCCCC(CC)C(=O)Nc1nnc(CSc2ccccc2)s1. The fraction of sp³-hybridized carbons (Fsp3) is 0.471. The molecular weight excluding hydrogens is 326 g/mol. The van der Waals surface area contributed by atoms with Gasteiger partial charge in [0.15, 0.2) is 0 Å². The monoisotopic (exact) mass is 349 g/mol. The van der Waals surface area contributed by atoms with E-state index in [-0.39, 0.29) is 11.8 Å². The number of hydrogen-bond donors (Lipinski definition) is 1. The number of nitrogens with zero attached hydrogens (tertiary/aromatic N) is 2. The number of amides is 1. The molecular formula is C17H23N3OS2. The lowest BCUT2D eigenvalue weighted by molar-refractivity contribution is -0.120. The Balaban J connectivity index is 1.85. The van der Waals surface area contributed by atoms with Crippen LogP contribution in [0.1, 0.15) is 44.5 Å². The first-order valence-electron chi connectivity index (χ1n) is 8.04. The second-order valence-corrected chi connectivity index (χ2v) is 7.45. The van der Waals surface area contributed by atoms with Crippen LogP contribution >= 0.6 is 23.1 Å². The van der Waals surface area contributed by atoms with Gasteiger partial charge < -0.3 is 5.32 Å². The molecule has 2 rings (SSSR count). The molecule has 1 N–H and O–H groups in total. The van der Waals surface area contributed by atoms with Crippen molar-refractivity contribution in [3.8, 4) is 0 Å². The molecule has 1 amide bonds. The van der Waals surface area contributed by atoms with E-state index in [1.54, 1.807) is 11.8 Å². The molecule has 1 aromatic carbocycles. The van der Waals surface area contributed by atoms with Crippen molar-refractivity contribution in [1.82, 2.24) is 10.2 Å². The Kier molecular flexibility index (Phi) is 7.55. The average molecular weight is 350 g/mol. The standard InChI is InChI=1S/C17H23N3OS2/c1-3-5-9-13(4-2)16(21)18-17-20-19-15(23-17)12-22-14-10-7-6-8-11-14/h6-8,10-11,13H,3-5,9,12H2,1-2H3,(H,18,20,21). The summed E-state index contributed by atoms with van der Waals surface area (Å²) in [5.74, 6) is 0.908. The van der Waals surface area contributed by atoms with E-state index in [1.165, 1.54) is 16.2 Å². The Labute approximate surface area is 146 Å². The number of thioether (sulfide) groups is 1. The minimum atomic E-state index is 0.0689. The highest BCUT2D eigenvalue weighted by Gasteiger charge is 2.17. The second kappa shape index (κ2) is 9.67. The number of hydrogen-bond acceptors (Lipinski definition) is 5. The molecule has 1 heterocycles. The van der Waals surface area contributed by atoms with Crippen molar-refractivity contribution in [3.63, 3.8) is 0 Å². The highest BCUT2D eigenvalue weighted by atomic mass is 32.2. The molecule has 1 unspecified atom stereocenters. The van der Waals surface area contributed by atoms with Gasteiger partial charge in [0.2, 0.25) is 11.0 Å². The molecule has 2 aromatic rings. The smallest absolute Gasteiger partial charge is 0.229 e. The van der Waals surface area contributed by atoms with Crippen LogP contribution in [0.5, 0.6) is 0 Å². The summed E-state index contributed by atoms with van der Waals surface area (Å²) in [4.78, 5) is 13.5. The topological polar surface area (TPSA) is 54.9 Å². The molecule has 4 nitrogen and oxygen atoms in total. The molecule has 0 bridgehead atoms. The first-order chi connectivity index (χ1) is 11.2. The van der Waals surface area contributed by atoms with Crippen LogP contribution in [0.4, 0.5) is 5.13 Å². The number of rotatable bonds is 9. The second-order valence-electron chi connectivity index (χ2n) is 5.34. The van der Waals surface area contributed by atoms with Crippen LogP contribution in [0, 0.1) is 5.92 Å². The molecule has 1 atom stereocenters. The largest absolute Gasteiger partial charge is 0.300 e. The maximum absolute atomic E-state index is 12.3. The van der Waals surface area contributed by atoms with Crippen molar-refractivity contribution < 1.29 is 4.79 Å². The maximum atomic E-state index is 12.3. The predicted molar refractivity (Wildman–Crippen MR) is 97.8 cm³/mol. The summed E-state index contributed by atoms with van der Waals surface area (Å²) in [6.07, 6.45) is 4.00. The predicted octanol–water partition coefficient (Wildman–Crippen LogP) is 4.99. The first kappa shape index (κ1) is 17.9. The van der Waals surface area contributed by atoms with E-state index < -0.39 is 0 Å². The maximum Gasteiger partial charge on any atom is 0.229 e. The van der Waals surface area contributed by atoms with Gasteiger partial charge in [-0.1, -0.05) is 56.2 Å². The number of unbranched alkanes of at least 4 members (excludes halogenated alkanes) is 1. The zero-order valence-electron chi connectivity index (χ0n) is 13.6. The van der Waals surface area contributed by atoms with Crippen LogP contribution in [-0.2, 0) is 10.5 Å². The van der Waals surface area contributed by atoms with Gasteiger partial charge in [0.1, 0.15) is 5.01 Å². The fourth-order valence-electron chi connectivity index (χ4n) is 2.20. The minimum Gasteiger partial charge on any atom is -0.300 e. The van der Waals surface area contributed by atoms with Gasteiger partial charge in [0, 0.05) is 10.8 Å². The molecule has 0 radical (unpaired) electrons. The summed E-state index contributed by atoms with van der Waals surface area (Å²) >= 11 is 3.18. The summed E-state index contributed by atoms with van der Waals surface area (Å²) in [5, 5.41) is 12.7. The van der Waals surface area contributed by atoms with Gasteiger partial charge in [0.05, 0.1) is 5.75 Å². The summed E-state index contributed by atoms with van der Waals surface area (Å²) < 4.78 is 0. The quantitative estimate of drug-likeness (QED) is 0.648. The van der Waals surface area contributed by atoms with Crippen LogP contribution < -0.4 is 5.32 Å². The van der Waals surface area contributed by atoms with Gasteiger partial charge in [-0.3, -0.25) is 4.79 Å². The Hall–Kier alpha value is -1.40. The number of carbonyl (C=O) groups excluding carboxylic acids is 1. The van der Waals surface area contributed by atoms with E-state index in [9.17, 15) is 4.79 Å². The van der Waals surface area contributed by atoms with E-state index in [1.807, 2.05) is 18.2 Å². The molecule has 23 heavy (non-hydrogen) atoms. The lowest BCUT2D eigenvalue weighted by atomic mass is 9.99. The average Bonchev–Trinajstić information content (AvgIpc) is 3.02. The number of anilines is 1. The molecule has 0 aliphatic carbocycles. The zero-order valence-corrected chi connectivity index (χ0v) is 15.3. The van der Waals surface area contributed by atoms with Crippen molar-refractivity contribution in [2.24, 2.45) is 5.92 Å². The van der Waals surface area contributed by atoms with E-state index in [2.05, 4.69) is 41.5 Å². The van der Waals surface area contributed by atoms with Crippen molar-refractivity contribution in [2.75, 3.05) is 5.32 Å². The summed E-state index contributed by atoms with van der Waals surface area (Å²) in [6, 6.07) is 10.2. The van der Waals surface area contributed by atoms with E-state index in [0.29, 0.717) is 5.13 Å². The number of carbonyl (C=O) groups is 1. The molecule has 124 valence electrons. The van der Waals surface area contributed by atoms with Crippen molar-refractivity contribution in [3.05, 3.63) is 35.3 Å². The molecule has 1 aromatic heterocycles. The zero-order chi connectivity index (χ0) is 16.5. The third-order valence-corrected chi connectivity index (χ3v) is 5.62. The Morgan fingerprint density at radius 3 is 2.74 bits per heavy atom. The van der Waals surface area contributed by atoms with Crippen LogP contribution in [0.25, 0.3) is 0 Å². The Morgan fingerprint density at radius 2 is 2.04 bits per heavy atom. The third kappa shape index (κ3) is 5.95. The van der Waals surface area contributed by atoms with Gasteiger partial charge in [-0.05, 0) is 25.0 Å². The highest BCUT2D eigenvalue weighted by Crippen LogP contribution is 2.26. The van der Waals surface area contributed by atoms with Gasteiger partial charge >= 0.3 is 0 Å². The normalized spacial score (nSPS) is 12.1. The summed E-state index contributed by atoms with van der Waals surface area (Å²) in [6.45, 7) is 4.20. The Bertz CT molecular complexity index is 601. The van der Waals surface area contributed by atoms with Gasteiger partial charge in [-0.15, -0.1) is 22.0 Å². The number of aromatic nitrogens is 2. The molecule has 6 heteroatoms. The van der Waals surface area contributed by atoms with Gasteiger partial charge in [-0.25, -0.2) is 0 Å². The number of benzene rings is 1. The molecule has 0 aliphatic rings. The molecule has 0 fully saturated rings. The summed E-state index contributed by atoms with van der Waals surface area (Å²) in [7, 11) is 0. The van der Waals surface area contributed by atoms with Crippen molar-refractivity contribution in [1.29, 1.82) is 0 Å². The molecule has 0 saturated carbocycles. The summed E-state index contributed by atoms with van der Waals surface area (Å²) in [5.41, 5.74) is 0. The minimum absolute atomic E-state index is 0.0689. The lowest BCUT2D eigenvalue weighted by Gasteiger charge is -2.12. The molecule has 0 saturated heterocycles. The van der Waals surface area contributed by atoms with E-state index in [4.69, 9.17) is 0 Å². The first-order valence-corrected chi connectivity index (χ1v) is 9.84. The van der Waals surface area contributed by atoms with E-state index >= 15 is 0 Å². The van der Waals surface area contributed by atoms with Crippen molar-refractivity contribution >= 4 is 34.1 Å². The van der Waals surface area contributed by atoms with Gasteiger partial charge in [-0.2, -0.15) is 0 Å². The van der Waals surface area contributed by atoms with Crippen LogP contribution in [-0.4, -0.2) is 16.1 Å². The molecule has 0 spiro atoms. The highest BCUT2D eigenvalue weighted by molar-refractivity contribution is 7.98.